The first-order valence-electron chi connectivity index (χ1n) is 10.6. The van der Waals surface area contributed by atoms with E-state index in [1.807, 2.05) is 24.3 Å². The zero-order chi connectivity index (χ0) is 21.7. The van der Waals surface area contributed by atoms with Gasteiger partial charge in [-0.05, 0) is 64.5 Å². The Kier molecular flexibility index (Phi) is 7.46. The van der Waals surface area contributed by atoms with Gasteiger partial charge >= 0.3 is 5.97 Å². The molecule has 0 fully saturated rings. The van der Waals surface area contributed by atoms with Crippen molar-refractivity contribution in [1.29, 1.82) is 0 Å². The van der Waals surface area contributed by atoms with Crippen LogP contribution in [0.1, 0.15) is 77.5 Å². The second-order valence-corrected chi connectivity index (χ2v) is 10.1. The van der Waals surface area contributed by atoms with Crippen LogP contribution in [0.3, 0.4) is 0 Å². The molecular weight excluding hydrogens is 356 g/mol. The van der Waals surface area contributed by atoms with Crippen molar-refractivity contribution in [2.24, 2.45) is 10.8 Å². The topological polar surface area (TPSA) is 26.3 Å². The summed E-state index contributed by atoms with van der Waals surface area (Å²) in [6.45, 7) is 15.8. The fourth-order valence-electron chi connectivity index (χ4n) is 3.48. The molecule has 0 radical (unpaired) electrons. The van der Waals surface area contributed by atoms with Gasteiger partial charge in [-0.25, -0.2) is 4.79 Å². The zero-order valence-corrected chi connectivity index (χ0v) is 19.1. The molecule has 0 saturated heterocycles. The summed E-state index contributed by atoms with van der Waals surface area (Å²) in [5.74, 6) is 0.658. The molecule has 2 nitrogen and oxygen atoms in total. The Balaban J connectivity index is 2.04. The third kappa shape index (κ3) is 7.53. The molecule has 2 heteroatoms. The van der Waals surface area contributed by atoms with Crippen LogP contribution in [0.2, 0.25) is 0 Å². The summed E-state index contributed by atoms with van der Waals surface area (Å²) in [6.07, 6.45) is 5.38. The molecule has 0 aliphatic rings. The highest BCUT2D eigenvalue weighted by Gasteiger charge is 2.30. The van der Waals surface area contributed by atoms with Crippen molar-refractivity contribution in [3.8, 4) is 5.75 Å². The molecule has 0 N–H and O–H groups in total. The van der Waals surface area contributed by atoms with Crippen molar-refractivity contribution >= 4 is 12.0 Å². The number of carbonyl (C=O) groups excluding carboxylic acids is 1. The second-order valence-electron chi connectivity index (χ2n) is 10.1. The number of benzene rings is 2. The SMILES string of the molecule is CCc1ccc(C=CC(=O)Oc2ccc(C(CC(C)(C)C)C(C)(C)C)cc2)cc1. The molecule has 0 amide bonds. The van der Waals surface area contributed by atoms with E-state index < -0.39 is 0 Å². The molecule has 1 atom stereocenters. The van der Waals surface area contributed by atoms with Crippen molar-refractivity contribution < 1.29 is 9.53 Å². The lowest BCUT2D eigenvalue weighted by atomic mass is 9.69. The number of carbonyl (C=O) groups is 1. The van der Waals surface area contributed by atoms with Crippen molar-refractivity contribution in [3.05, 3.63) is 71.3 Å². The van der Waals surface area contributed by atoms with E-state index in [0.29, 0.717) is 11.7 Å². The molecule has 0 aliphatic heterocycles. The summed E-state index contributed by atoms with van der Waals surface area (Å²) in [6, 6.07) is 16.2. The van der Waals surface area contributed by atoms with Gasteiger partial charge in [-0.15, -0.1) is 0 Å². The van der Waals surface area contributed by atoms with E-state index in [4.69, 9.17) is 4.74 Å². The molecule has 0 saturated carbocycles. The molecule has 156 valence electrons. The van der Waals surface area contributed by atoms with E-state index in [0.717, 1.165) is 18.4 Å². The second kappa shape index (κ2) is 9.43. The van der Waals surface area contributed by atoms with Crippen LogP contribution >= 0.6 is 0 Å². The number of hydrogen-bond donors (Lipinski definition) is 0. The lowest BCUT2D eigenvalue weighted by Crippen LogP contribution is -2.23. The summed E-state index contributed by atoms with van der Waals surface area (Å²) in [5, 5.41) is 0. The molecule has 1 unspecified atom stereocenters. The Hall–Kier alpha value is -2.35. The van der Waals surface area contributed by atoms with Gasteiger partial charge in [-0.3, -0.25) is 0 Å². The minimum absolute atomic E-state index is 0.168. The quantitative estimate of drug-likeness (QED) is 0.290. The first kappa shape index (κ1) is 22.9. The molecule has 2 aromatic rings. The van der Waals surface area contributed by atoms with Crippen LogP contribution in [0.5, 0.6) is 5.75 Å². The van der Waals surface area contributed by atoms with Crippen LogP contribution in [0.15, 0.2) is 54.6 Å². The molecule has 0 spiro atoms. The van der Waals surface area contributed by atoms with Gasteiger partial charge in [0.25, 0.3) is 0 Å². The normalized spacial score (nSPS) is 13.5. The van der Waals surface area contributed by atoms with Gasteiger partial charge in [-0.1, -0.05) is 84.9 Å². The van der Waals surface area contributed by atoms with Gasteiger partial charge in [0, 0.05) is 6.08 Å². The maximum absolute atomic E-state index is 12.2. The molecule has 0 aromatic heterocycles. The first-order chi connectivity index (χ1) is 13.5. The number of ether oxygens (including phenoxy) is 1. The predicted octanol–water partition coefficient (Wildman–Crippen LogP) is 7.43. The highest BCUT2D eigenvalue weighted by atomic mass is 16.5. The van der Waals surface area contributed by atoms with Gasteiger partial charge in [-0.2, -0.15) is 0 Å². The van der Waals surface area contributed by atoms with Crippen LogP contribution in [0.4, 0.5) is 0 Å². The van der Waals surface area contributed by atoms with Crippen molar-refractivity contribution in [2.75, 3.05) is 0 Å². The fourth-order valence-corrected chi connectivity index (χ4v) is 3.48. The average Bonchev–Trinajstić information content (AvgIpc) is 2.64. The maximum Gasteiger partial charge on any atom is 0.336 e. The molecule has 2 rings (SSSR count). The standard InChI is InChI=1S/C27H36O2/c1-8-20-9-11-21(12-10-20)13-18-25(28)29-23-16-14-22(15-17-23)24(27(5,6)7)19-26(2,3)4/h9-18,24H,8,19H2,1-7H3. The Morgan fingerprint density at radius 2 is 1.52 bits per heavy atom. The fraction of sp³-hybridized carbons (Fsp3) is 0.444. The zero-order valence-electron chi connectivity index (χ0n) is 19.1. The van der Waals surface area contributed by atoms with Crippen LogP contribution in [-0.2, 0) is 11.2 Å². The number of aryl methyl sites for hydroxylation is 1. The molecule has 0 aliphatic carbocycles. The monoisotopic (exact) mass is 392 g/mol. The number of hydrogen-bond acceptors (Lipinski definition) is 2. The molecule has 2 aromatic carbocycles. The number of esters is 1. The van der Waals surface area contributed by atoms with Gasteiger partial charge in [0.2, 0.25) is 0 Å². The van der Waals surface area contributed by atoms with Crippen LogP contribution in [-0.4, -0.2) is 5.97 Å². The molecule has 0 heterocycles. The Morgan fingerprint density at radius 3 is 2.00 bits per heavy atom. The van der Waals surface area contributed by atoms with Gasteiger partial charge in [0.1, 0.15) is 5.75 Å². The minimum atomic E-state index is -0.362. The highest BCUT2D eigenvalue weighted by molar-refractivity contribution is 5.88. The maximum atomic E-state index is 12.2. The summed E-state index contributed by atoms with van der Waals surface area (Å²) in [4.78, 5) is 12.2. The summed E-state index contributed by atoms with van der Waals surface area (Å²) < 4.78 is 5.48. The van der Waals surface area contributed by atoms with Crippen molar-refractivity contribution in [2.45, 2.75) is 67.2 Å². The Bertz CT molecular complexity index is 813. The smallest absolute Gasteiger partial charge is 0.336 e. The largest absolute Gasteiger partial charge is 0.423 e. The van der Waals surface area contributed by atoms with Gasteiger partial charge in [0.15, 0.2) is 0 Å². The first-order valence-corrected chi connectivity index (χ1v) is 10.6. The van der Waals surface area contributed by atoms with Gasteiger partial charge < -0.3 is 4.74 Å². The third-order valence-corrected chi connectivity index (χ3v) is 5.16. The van der Waals surface area contributed by atoms with Crippen LogP contribution < -0.4 is 4.74 Å². The van der Waals surface area contributed by atoms with Crippen LogP contribution in [0.25, 0.3) is 6.08 Å². The van der Waals surface area contributed by atoms with E-state index in [1.165, 1.54) is 17.2 Å². The summed E-state index contributed by atoms with van der Waals surface area (Å²) >= 11 is 0. The molecular formula is C27H36O2. The van der Waals surface area contributed by atoms with Crippen molar-refractivity contribution in [3.63, 3.8) is 0 Å². The predicted molar refractivity (Wildman–Crippen MR) is 123 cm³/mol. The average molecular weight is 393 g/mol. The van der Waals surface area contributed by atoms with E-state index in [2.05, 4.69) is 72.7 Å². The Labute approximate surface area is 177 Å². The van der Waals surface area contributed by atoms with E-state index in [1.54, 1.807) is 6.08 Å². The lowest BCUT2D eigenvalue weighted by Gasteiger charge is -2.36. The molecule has 29 heavy (non-hydrogen) atoms. The van der Waals surface area contributed by atoms with Crippen molar-refractivity contribution in [1.82, 2.24) is 0 Å². The lowest BCUT2D eigenvalue weighted by molar-refractivity contribution is -0.128. The summed E-state index contributed by atoms with van der Waals surface area (Å²) in [7, 11) is 0. The Morgan fingerprint density at radius 1 is 0.931 bits per heavy atom. The molecule has 0 bridgehead atoms. The highest BCUT2D eigenvalue weighted by Crippen LogP contribution is 2.43. The summed E-state index contributed by atoms with van der Waals surface area (Å²) in [5.41, 5.74) is 3.98. The van der Waals surface area contributed by atoms with Gasteiger partial charge in [0.05, 0.1) is 0 Å². The van der Waals surface area contributed by atoms with Crippen LogP contribution in [0, 0.1) is 10.8 Å². The van der Waals surface area contributed by atoms with E-state index in [9.17, 15) is 4.79 Å². The van der Waals surface area contributed by atoms with E-state index in [-0.39, 0.29) is 16.8 Å². The third-order valence-electron chi connectivity index (χ3n) is 5.16. The number of rotatable bonds is 6. The minimum Gasteiger partial charge on any atom is -0.423 e. The van der Waals surface area contributed by atoms with E-state index >= 15 is 0 Å².